The molecule has 0 bridgehead atoms. The van der Waals surface area contributed by atoms with Crippen LogP contribution in [0.15, 0.2) is 45.6 Å². The van der Waals surface area contributed by atoms with Crippen LogP contribution >= 0.6 is 27.3 Å². The average molecular weight is 576 g/mol. The molecule has 9 nitrogen and oxygen atoms in total. The Hall–Kier alpha value is -3.12. The molecule has 0 spiro atoms. The number of hydrogen-bond acceptors (Lipinski definition) is 9. The lowest BCUT2D eigenvalue weighted by molar-refractivity contribution is -0.134. The predicted molar refractivity (Wildman–Crippen MR) is 134 cm³/mol. The number of likely N-dealkylation sites (tertiary alicyclic amines) is 1. The van der Waals surface area contributed by atoms with Crippen molar-refractivity contribution in [1.82, 2.24) is 19.9 Å². The van der Waals surface area contributed by atoms with E-state index in [0.29, 0.717) is 41.1 Å². The number of benzene rings is 1. The number of carbonyl (C=O) groups is 1. The number of ether oxygens (including phenoxy) is 2. The molecule has 0 radical (unpaired) electrons. The van der Waals surface area contributed by atoms with Crippen LogP contribution in [0.1, 0.15) is 47.5 Å². The Balaban J connectivity index is 1.13. The minimum Gasteiger partial charge on any atom is -0.480 e. The number of aromatic nitrogens is 3. The summed E-state index contributed by atoms with van der Waals surface area (Å²) >= 11 is 4.98. The fourth-order valence-corrected chi connectivity index (χ4v) is 5.81. The third-order valence-electron chi connectivity index (χ3n) is 6.15. The van der Waals surface area contributed by atoms with Gasteiger partial charge < -0.3 is 19.2 Å². The Bertz CT molecular complexity index is 1260. The molecule has 0 N–H and O–H groups in total. The van der Waals surface area contributed by atoms with Gasteiger partial charge in [-0.1, -0.05) is 27.2 Å². The maximum atomic E-state index is 14.3. The number of rotatable bonds is 7. The van der Waals surface area contributed by atoms with Crippen LogP contribution in [0.4, 0.5) is 4.39 Å². The van der Waals surface area contributed by atoms with E-state index in [4.69, 9.17) is 19.3 Å². The summed E-state index contributed by atoms with van der Waals surface area (Å²) in [4.78, 5) is 32.8. The standard InChI is InChI=1S/C24H23BrFN5O4S/c1-33-20-10-27-11-21(29-20)34-12-22(32)31-7-5-14(6-8-31)24-28-18(13-36-24)17-9-19(35-30-17)23-15(25)3-2-4-16(23)26/h2-4,10-11,13-14,19H,5-9,12H2,1H3. The highest BCUT2D eigenvalue weighted by Gasteiger charge is 2.31. The van der Waals surface area contributed by atoms with Crippen molar-refractivity contribution in [2.75, 3.05) is 26.8 Å². The van der Waals surface area contributed by atoms with Crippen LogP contribution in [0.25, 0.3) is 0 Å². The number of hydrogen-bond donors (Lipinski definition) is 0. The number of nitrogens with zero attached hydrogens (tertiary/aromatic N) is 5. The quantitative estimate of drug-likeness (QED) is 0.409. The highest BCUT2D eigenvalue weighted by molar-refractivity contribution is 9.10. The summed E-state index contributed by atoms with van der Waals surface area (Å²) in [5, 5.41) is 7.17. The van der Waals surface area contributed by atoms with E-state index in [-0.39, 0.29) is 30.1 Å². The van der Waals surface area contributed by atoms with Crippen LogP contribution in [0, 0.1) is 5.82 Å². The molecule has 12 heteroatoms. The third kappa shape index (κ3) is 5.34. The molecule has 2 aromatic heterocycles. The molecule has 1 amide bonds. The Kier molecular flexibility index (Phi) is 7.42. The van der Waals surface area contributed by atoms with Crippen LogP contribution in [0.3, 0.4) is 0 Å². The number of methoxy groups -OCH3 is 1. The van der Waals surface area contributed by atoms with Gasteiger partial charge in [0.2, 0.25) is 11.8 Å². The van der Waals surface area contributed by atoms with Crippen molar-refractivity contribution in [3.8, 4) is 11.8 Å². The molecule has 5 rings (SSSR count). The van der Waals surface area contributed by atoms with E-state index < -0.39 is 6.10 Å². The first kappa shape index (κ1) is 24.6. The lowest BCUT2D eigenvalue weighted by Crippen LogP contribution is -2.40. The van der Waals surface area contributed by atoms with E-state index in [9.17, 15) is 9.18 Å². The van der Waals surface area contributed by atoms with Crippen LogP contribution < -0.4 is 9.47 Å². The van der Waals surface area contributed by atoms with Gasteiger partial charge in [-0.15, -0.1) is 11.3 Å². The summed E-state index contributed by atoms with van der Waals surface area (Å²) < 4.78 is 25.5. The molecule has 1 aromatic carbocycles. The Morgan fingerprint density at radius 3 is 2.83 bits per heavy atom. The smallest absolute Gasteiger partial charge is 0.260 e. The maximum Gasteiger partial charge on any atom is 0.260 e. The van der Waals surface area contributed by atoms with Gasteiger partial charge in [-0.3, -0.25) is 9.78 Å². The second-order valence-corrected chi connectivity index (χ2v) is 10.1. The van der Waals surface area contributed by atoms with Gasteiger partial charge in [0.25, 0.3) is 5.91 Å². The van der Waals surface area contributed by atoms with Crippen molar-refractivity contribution in [2.24, 2.45) is 5.16 Å². The van der Waals surface area contributed by atoms with Gasteiger partial charge in [0.1, 0.15) is 11.5 Å². The molecule has 1 unspecified atom stereocenters. The van der Waals surface area contributed by atoms with Crippen molar-refractivity contribution < 1.29 is 23.5 Å². The van der Waals surface area contributed by atoms with Crippen molar-refractivity contribution in [1.29, 1.82) is 0 Å². The Morgan fingerprint density at radius 1 is 1.25 bits per heavy atom. The molecule has 3 aromatic rings. The van der Waals surface area contributed by atoms with Gasteiger partial charge in [-0.05, 0) is 25.0 Å². The zero-order valence-corrected chi connectivity index (χ0v) is 21.8. The van der Waals surface area contributed by atoms with Gasteiger partial charge in [-0.2, -0.15) is 4.98 Å². The molecule has 36 heavy (non-hydrogen) atoms. The van der Waals surface area contributed by atoms with E-state index >= 15 is 0 Å². The fraction of sp³-hybridized carbons (Fsp3) is 0.375. The first-order chi connectivity index (χ1) is 17.5. The maximum absolute atomic E-state index is 14.3. The van der Waals surface area contributed by atoms with Gasteiger partial charge in [-0.25, -0.2) is 9.37 Å². The molecular formula is C24H23BrFN5O4S. The van der Waals surface area contributed by atoms with Crippen LogP contribution in [0.2, 0.25) is 0 Å². The molecular weight excluding hydrogens is 553 g/mol. The zero-order chi connectivity index (χ0) is 25.1. The first-order valence-corrected chi connectivity index (χ1v) is 13.1. The zero-order valence-electron chi connectivity index (χ0n) is 19.4. The number of carbonyl (C=O) groups excluding carboxylic acids is 1. The number of piperidine rings is 1. The van der Waals surface area contributed by atoms with E-state index in [1.54, 1.807) is 28.4 Å². The minimum absolute atomic E-state index is 0.0966. The van der Waals surface area contributed by atoms with E-state index in [0.717, 1.165) is 23.5 Å². The molecule has 1 saturated heterocycles. The van der Waals surface area contributed by atoms with E-state index in [1.807, 2.05) is 5.38 Å². The monoisotopic (exact) mass is 575 g/mol. The first-order valence-electron chi connectivity index (χ1n) is 11.4. The van der Waals surface area contributed by atoms with Gasteiger partial charge in [0.05, 0.1) is 30.2 Å². The number of oxime groups is 1. The lowest BCUT2D eigenvalue weighted by atomic mass is 9.97. The minimum atomic E-state index is -0.486. The molecule has 1 atom stereocenters. The summed E-state index contributed by atoms with van der Waals surface area (Å²) in [6, 6.07) is 4.85. The van der Waals surface area contributed by atoms with Gasteiger partial charge in [0, 0.05) is 40.8 Å². The summed E-state index contributed by atoms with van der Waals surface area (Å²) in [7, 11) is 1.49. The molecule has 2 aliphatic rings. The molecule has 0 saturated carbocycles. The molecule has 0 aliphatic carbocycles. The van der Waals surface area contributed by atoms with Crippen molar-refractivity contribution in [3.05, 3.63) is 62.5 Å². The summed E-state index contributed by atoms with van der Waals surface area (Å²) in [6.07, 6.45) is 4.50. The lowest BCUT2D eigenvalue weighted by Gasteiger charge is -2.31. The number of halogens is 2. The normalized spacial score (nSPS) is 18.0. The summed E-state index contributed by atoms with van der Waals surface area (Å²) in [5.74, 6) is 0.414. The van der Waals surface area contributed by atoms with Crippen LogP contribution in [0.5, 0.6) is 11.8 Å². The second kappa shape index (κ2) is 10.9. The highest BCUT2D eigenvalue weighted by Crippen LogP contribution is 2.37. The predicted octanol–water partition coefficient (Wildman–Crippen LogP) is 4.49. The largest absolute Gasteiger partial charge is 0.480 e. The fourth-order valence-electron chi connectivity index (χ4n) is 4.21. The second-order valence-electron chi connectivity index (χ2n) is 8.39. The van der Waals surface area contributed by atoms with Gasteiger partial charge in [0.15, 0.2) is 12.7 Å². The average Bonchev–Trinajstić information content (AvgIpc) is 3.58. The van der Waals surface area contributed by atoms with Crippen LogP contribution in [-0.4, -0.2) is 58.3 Å². The number of thiazole rings is 1. The Labute approximate surface area is 219 Å². The topological polar surface area (TPSA) is 99.0 Å². The highest BCUT2D eigenvalue weighted by atomic mass is 79.9. The third-order valence-corrected chi connectivity index (χ3v) is 7.85. The molecule has 1 fully saturated rings. The van der Waals surface area contributed by atoms with Crippen LogP contribution in [-0.2, 0) is 9.63 Å². The van der Waals surface area contributed by atoms with Crippen molar-refractivity contribution in [2.45, 2.75) is 31.3 Å². The summed E-state index contributed by atoms with van der Waals surface area (Å²) in [5.41, 5.74) is 1.94. The molecule has 4 heterocycles. The van der Waals surface area contributed by atoms with Crippen molar-refractivity contribution >= 4 is 38.9 Å². The molecule has 188 valence electrons. The number of amides is 1. The summed E-state index contributed by atoms with van der Waals surface area (Å²) in [6.45, 7) is 1.14. The van der Waals surface area contributed by atoms with Crippen molar-refractivity contribution in [3.63, 3.8) is 0 Å². The molecule has 2 aliphatic heterocycles. The van der Waals surface area contributed by atoms with E-state index in [2.05, 4.69) is 31.1 Å². The SMILES string of the molecule is COc1cncc(OCC(=O)N2CCC(c3nc(C4=NOC(c5c(F)cccc5Br)C4)cs3)CC2)n1. The van der Waals surface area contributed by atoms with E-state index in [1.165, 1.54) is 25.6 Å². The Morgan fingerprint density at radius 2 is 2.06 bits per heavy atom. The van der Waals surface area contributed by atoms with Gasteiger partial charge >= 0.3 is 0 Å².